The number of benzene rings is 1. The minimum atomic E-state index is -0.380. The molecule has 1 aromatic heterocycles. The van der Waals surface area contributed by atoms with Gasteiger partial charge in [-0.1, -0.05) is 23.7 Å². The number of hydrogen-bond donors (Lipinski definition) is 1. The van der Waals surface area contributed by atoms with Crippen molar-refractivity contribution < 1.29 is 4.42 Å². The highest BCUT2D eigenvalue weighted by Crippen LogP contribution is 2.34. The van der Waals surface area contributed by atoms with Gasteiger partial charge in [0.15, 0.2) is 0 Å². The van der Waals surface area contributed by atoms with Gasteiger partial charge in [-0.2, -0.15) is 0 Å². The van der Waals surface area contributed by atoms with Crippen LogP contribution in [0.25, 0.3) is 0 Å². The Balaban J connectivity index is 2.46. The van der Waals surface area contributed by atoms with Crippen LogP contribution < -0.4 is 5.73 Å². The third kappa shape index (κ3) is 2.20. The summed E-state index contributed by atoms with van der Waals surface area (Å²) in [7, 11) is 0. The summed E-state index contributed by atoms with van der Waals surface area (Å²) < 4.78 is 7.00. The zero-order valence-corrected chi connectivity index (χ0v) is 12.0. The predicted molar refractivity (Wildman–Crippen MR) is 71.6 cm³/mol. The zero-order chi connectivity index (χ0) is 11.7. The van der Waals surface area contributed by atoms with Crippen LogP contribution in [-0.4, -0.2) is 0 Å². The van der Waals surface area contributed by atoms with E-state index in [1.165, 1.54) is 0 Å². The SMILES string of the molecule is NC(c1cccc(Br)c1Cl)c1occc1Br. The fraction of sp³-hybridized carbons (Fsp3) is 0.0909. The van der Waals surface area contributed by atoms with Crippen LogP contribution in [0.4, 0.5) is 0 Å². The highest BCUT2D eigenvalue weighted by molar-refractivity contribution is 9.10. The molecule has 16 heavy (non-hydrogen) atoms. The van der Waals surface area contributed by atoms with Crippen molar-refractivity contribution in [2.75, 3.05) is 0 Å². The summed E-state index contributed by atoms with van der Waals surface area (Å²) >= 11 is 12.9. The summed E-state index contributed by atoms with van der Waals surface area (Å²) in [5.41, 5.74) is 6.93. The Morgan fingerprint density at radius 3 is 2.56 bits per heavy atom. The molecule has 0 aliphatic rings. The van der Waals surface area contributed by atoms with E-state index < -0.39 is 0 Å². The maximum atomic E-state index is 6.17. The minimum absolute atomic E-state index is 0.380. The summed E-state index contributed by atoms with van der Waals surface area (Å²) in [6, 6.07) is 7.07. The van der Waals surface area contributed by atoms with Crippen LogP contribution in [0.2, 0.25) is 5.02 Å². The van der Waals surface area contributed by atoms with E-state index in [4.69, 9.17) is 21.8 Å². The van der Waals surface area contributed by atoms with E-state index in [1.54, 1.807) is 12.3 Å². The van der Waals surface area contributed by atoms with Gasteiger partial charge in [0.05, 0.1) is 21.8 Å². The van der Waals surface area contributed by atoms with Crippen molar-refractivity contribution in [2.24, 2.45) is 5.73 Å². The Morgan fingerprint density at radius 2 is 1.94 bits per heavy atom. The molecule has 2 N–H and O–H groups in total. The molecule has 0 saturated carbocycles. The molecular weight excluding hydrogens is 357 g/mol. The van der Waals surface area contributed by atoms with Crippen molar-refractivity contribution in [1.82, 2.24) is 0 Å². The topological polar surface area (TPSA) is 39.2 Å². The van der Waals surface area contributed by atoms with Crippen LogP contribution in [0.3, 0.4) is 0 Å². The molecule has 2 rings (SSSR count). The number of rotatable bonds is 2. The molecule has 0 aliphatic heterocycles. The summed E-state index contributed by atoms with van der Waals surface area (Å²) in [5.74, 6) is 0.667. The molecular formula is C11H8Br2ClNO. The van der Waals surface area contributed by atoms with Crippen molar-refractivity contribution in [3.05, 3.63) is 55.8 Å². The fourth-order valence-corrected chi connectivity index (χ4v) is 2.50. The summed E-state index contributed by atoms with van der Waals surface area (Å²) in [4.78, 5) is 0. The largest absolute Gasteiger partial charge is 0.466 e. The van der Waals surface area contributed by atoms with Crippen molar-refractivity contribution in [3.8, 4) is 0 Å². The van der Waals surface area contributed by atoms with E-state index >= 15 is 0 Å². The Hall–Kier alpha value is -0.290. The lowest BCUT2D eigenvalue weighted by molar-refractivity contribution is 0.487. The third-order valence-corrected chi connectivity index (χ3v) is 4.21. The van der Waals surface area contributed by atoms with Crippen molar-refractivity contribution in [2.45, 2.75) is 6.04 Å². The van der Waals surface area contributed by atoms with E-state index in [0.717, 1.165) is 14.5 Å². The second-order valence-electron chi connectivity index (χ2n) is 3.25. The average molecular weight is 365 g/mol. The maximum absolute atomic E-state index is 6.17. The van der Waals surface area contributed by atoms with Crippen LogP contribution in [0.1, 0.15) is 17.4 Å². The van der Waals surface area contributed by atoms with E-state index in [2.05, 4.69) is 31.9 Å². The molecule has 1 aromatic carbocycles. The average Bonchev–Trinajstić information content (AvgIpc) is 2.68. The smallest absolute Gasteiger partial charge is 0.139 e. The van der Waals surface area contributed by atoms with Gasteiger partial charge in [0.25, 0.3) is 0 Å². The summed E-state index contributed by atoms with van der Waals surface area (Å²) in [5, 5.41) is 0.610. The minimum Gasteiger partial charge on any atom is -0.466 e. The van der Waals surface area contributed by atoms with Gasteiger partial charge in [0.1, 0.15) is 5.76 Å². The highest BCUT2D eigenvalue weighted by atomic mass is 79.9. The zero-order valence-electron chi connectivity index (χ0n) is 8.08. The summed E-state index contributed by atoms with van der Waals surface area (Å²) in [6.07, 6.45) is 1.59. The number of furan rings is 1. The quantitative estimate of drug-likeness (QED) is 0.851. The van der Waals surface area contributed by atoms with Crippen molar-refractivity contribution >= 4 is 43.5 Å². The van der Waals surface area contributed by atoms with Crippen LogP contribution in [0.15, 0.2) is 43.9 Å². The molecule has 0 saturated heterocycles. The maximum Gasteiger partial charge on any atom is 0.139 e. The molecule has 5 heteroatoms. The van der Waals surface area contributed by atoms with Gasteiger partial charge in [-0.15, -0.1) is 0 Å². The third-order valence-electron chi connectivity index (χ3n) is 2.24. The second-order valence-corrected chi connectivity index (χ2v) is 5.34. The summed E-state index contributed by atoms with van der Waals surface area (Å²) in [6.45, 7) is 0. The Bertz CT molecular complexity index is 512. The lowest BCUT2D eigenvalue weighted by atomic mass is 10.1. The van der Waals surface area contributed by atoms with Gasteiger partial charge in [0, 0.05) is 4.47 Å². The normalized spacial score (nSPS) is 12.8. The van der Waals surface area contributed by atoms with E-state index in [1.807, 2.05) is 18.2 Å². The van der Waals surface area contributed by atoms with E-state index in [9.17, 15) is 0 Å². The Labute approximate surface area is 115 Å². The molecule has 0 radical (unpaired) electrons. The molecule has 0 fully saturated rings. The van der Waals surface area contributed by atoms with E-state index in [-0.39, 0.29) is 6.04 Å². The number of nitrogens with two attached hydrogens (primary N) is 1. The highest BCUT2D eigenvalue weighted by Gasteiger charge is 2.19. The second kappa shape index (κ2) is 4.92. The monoisotopic (exact) mass is 363 g/mol. The number of hydrogen-bond acceptors (Lipinski definition) is 2. The van der Waals surface area contributed by atoms with E-state index in [0.29, 0.717) is 10.8 Å². The van der Waals surface area contributed by atoms with Gasteiger partial charge < -0.3 is 10.2 Å². The van der Waals surface area contributed by atoms with Crippen molar-refractivity contribution in [1.29, 1.82) is 0 Å². The Morgan fingerprint density at radius 1 is 1.19 bits per heavy atom. The molecule has 1 unspecified atom stereocenters. The molecule has 0 amide bonds. The van der Waals surface area contributed by atoms with Gasteiger partial charge >= 0.3 is 0 Å². The van der Waals surface area contributed by atoms with Gasteiger partial charge in [-0.3, -0.25) is 0 Å². The molecule has 0 spiro atoms. The van der Waals surface area contributed by atoms with Gasteiger partial charge in [-0.05, 0) is 49.6 Å². The molecule has 84 valence electrons. The first-order valence-electron chi connectivity index (χ1n) is 4.53. The van der Waals surface area contributed by atoms with Crippen LogP contribution in [-0.2, 0) is 0 Å². The lowest BCUT2D eigenvalue weighted by Gasteiger charge is -2.12. The first kappa shape index (κ1) is 12.2. The van der Waals surface area contributed by atoms with Crippen LogP contribution in [0, 0.1) is 0 Å². The number of halogens is 3. The molecule has 1 heterocycles. The predicted octanol–water partition coefficient (Wildman–Crippen LogP) is 4.51. The van der Waals surface area contributed by atoms with Gasteiger partial charge in [-0.25, -0.2) is 0 Å². The molecule has 2 nitrogen and oxygen atoms in total. The first-order valence-corrected chi connectivity index (χ1v) is 6.50. The molecule has 2 aromatic rings. The first-order chi connectivity index (χ1) is 7.61. The van der Waals surface area contributed by atoms with Crippen LogP contribution >= 0.6 is 43.5 Å². The Kier molecular flexibility index (Phi) is 3.74. The molecule has 0 aliphatic carbocycles. The molecule has 0 bridgehead atoms. The van der Waals surface area contributed by atoms with Gasteiger partial charge in [0.2, 0.25) is 0 Å². The van der Waals surface area contributed by atoms with Crippen molar-refractivity contribution in [3.63, 3.8) is 0 Å². The fourth-order valence-electron chi connectivity index (χ4n) is 1.43. The lowest BCUT2D eigenvalue weighted by Crippen LogP contribution is -2.12. The standard InChI is InChI=1S/C11H8Br2ClNO/c12-7-3-1-2-6(9(7)14)10(15)11-8(13)4-5-16-11/h1-5,10H,15H2. The van der Waals surface area contributed by atoms with Crippen LogP contribution in [0.5, 0.6) is 0 Å². The molecule has 1 atom stereocenters.